The third kappa shape index (κ3) is 3.77. The normalized spacial score (nSPS) is 21.8. The first kappa shape index (κ1) is 21.6. The first-order valence-electron chi connectivity index (χ1n) is 12.5. The molecule has 1 aromatic carbocycles. The van der Waals surface area contributed by atoms with E-state index in [0.29, 0.717) is 12.6 Å². The van der Waals surface area contributed by atoms with Crippen molar-refractivity contribution in [2.75, 3.05) is 26.3 Å². The quantitative estimate of drug-likeness (QED) is 0.582. The lowest BCUT2D eigenvalue weighted by Gasteiger charge is -2.39. The fraction of sp³-hybridized carbons (Fsp3) is 0.481. The number of fused-ring (bicyclic) bond motifs is 2. The van der Waals surface area contributed by atoms with Gasteiger partial charge in [-0.15, -0.1) is 0 Å². The minimum Gasteiger partial charge on any atom is -0.465 e. The van der Waals surface area contributed by atoms with Crippen molar-refractivity contribution in [1.29, 1.82) is 0 Å². The highest BCUT2D eigenvalue weighted by molar-refractivity contribution is 5.84. The van der Waals surface area contributed by atoms with Crippen LogP contribution in [0.25, 0.3) is 22.2 Å². The number of carboxylic acid groups (broad SMARTS) is 1. The molecule has 0 bridgehead atoms. The molecule has 0 spiro atoms. The molecule has 2 N–H and O–H groups in total. The average Bonchev–Trinajstić information content (AvgIpc) is 3.50. The van der Waals surface area contributed by atoms with Gasteiger partial charge in [0.2, 0.25) is 0 Å². The SMILES string of the molecule is Cc1c[nH]c2ncc(-c3cc4c(c([C@@H]5CCCN5C(=O)O)c3)CCN(C3CCOCC3)C4)cc12. The standard InChI is InChI=1S/C27H32N4O3/c1-17-14-28-26-23(17)13-19(15-29-26)18-11-20-16-30(21-5-9-34-10-6-21)8-4-22(20)24(12-18)25-3-2-7-31(25)27(32)33/h11-15,21,25H,2-10,16H2,1H3,(H,28,29)(H,32,33)/t25-/m0/s1. The molecule has 3 aliphatic heterocycles. The molecule has 6 rings (SSSR count). The second-order valence-corrected chi connectivity index (χ2v) is 9.99. The summed E-state index contributed by atoms with van der Waals surface area (Å²) in [5, 5.41) is 11.0. The van der Waals surface area contributed by atoms with Gasteiger partial charge in [-0.05, 0) is 85.0 Å². The molecule has 178 valence electrons. The number of carbonyl (C=O) groups is 1. The largest absolute Gasteiger partial charge is 0.465 e. The van der Waals surface area contributed by atoms with Crippen LogP contribution in [-0.4, -0.2) is 63.3 Å². The molecule has 2 aromatic heterocycles. The number of amides is 1. The van der Waals surface area contributed by atoms with E-state index >= 15 is 0 Å². The molecule has 3 aliphatic rings. The summed E-state index contributed by atoms with van der Waals surface area (Å²) in [5.74, 6) is 0. The van der Waals surface area contributed by atoms with Crippen molar-refractivity contribution in [1.82, 2.24) is 19.8 Å². The van der Waals surface area contributed by atoms with Crippen molar-refractivity contribution in [3.8, 4) is 11.1 Å². The number of hydrogen-bond acceptors (Lipinski definition) is 4. The Bertz CT molecular complexity index is 1230. The van der Waals surface area contributed by atoms with Gasteiger partial charge in [0, 0.05) is 62.2 Å². The molecule has 2 saturated heterocycles. The Morgan fingerprint density at radius 3 is 2.82 bits per heavy atom. The predicted molar refractivity (Wildman–Crippen MR) is 131 cm³/mol. The minimum atomic E-state index is -0.813. The first-order valence-corrected chi connectivity index (χ1v) is 12.5. The third-order valence-corrected chi connectivity index (χ3v) is 8.04. The van der Waals surface area contributed by atoms with Crippen LogP contribution in [0.1, 0.15) is 54.0 Å². The second kappa shape index (κ2) is 8.71. The highest BCUT2D eigenvalue weighted by Crippen LogP contribution is 2.40. The summed E-state index contributed by atoms with van der Waals surface area (Å²) >= 11 is 0. The fourth-order valence-corrected chi connectivity index (χ4v) is 6.19. The van der Waals surface area contributed by atoms with E-state index in [1.165, 1.54) is 22.3 Å². The molecule has 34 heavy (non-hydrogen) atoms. The van der Waals surface area contributed by atoms with Crippen LogP contribution in [0.2, 0.25) is 0 Å². The molecule has 0 unspecified atom stereocenters. The number of aromatic nitrogens is 2. The number of ether oxygens (including phenoxy) is 1. The van der Waals surface area contributed by atoms with Gasteiger partial charge >= 0.3 is 6.09 Å². The molecule has 7 heteroatoms. The van der Waals surface area contributed by atoms with Gasteiger partial charge in [0.15, 0.2) is 0 Å². The molecule has 5 heterocycles. The molecule has 0 aliphatic carbocycles. The third-order valence-electron chi connectivity index (χ3n) is 8.04. The number of pyridine rings is 1. The van der Waals surface area contributed by atoms with E-state index in [1.807, 2.05) is 12.4 Å². The number of benzene rings is 1. The van der Waals surface area contributed by atoms with Gasteiger partial charge in [-0.25, -0.2) is 9.78 Å². The van der Waals surface area contributed by atoms with Gasteiger partial charge in [-0.3, -0.25) is 4.90 Å². The first-order chi connectivity index (χ1) is 16.6. The summed E-state index contributed by atoms with van der Waals surface area (Å²) in [6.07, 6.45) is 8.07. The van der Waals surface area contributed by atoms with E-state index < -0.39 is 6.09 Å². The van der Waals surface area contributed by atoms with Crippen LogP contribution in [0, 0.1) is 6.92 Å². The number of aryl methyl sites for hydroxylation is 1. The zero-order valence-corrected chi connectivity index (χ0v) is 19.7. The van der Waals surface area contributed by atoms with E-state index in [0.717, 1.165) is 80.6 Å². The highest BCUT2D eigenvalue weighted by atomic mass is 16.5. The molecule has 3 aromatic rings. The zero-order chi connectivity index (χ0) is 23.2. The zero-order valence-electron chi connectivity index (χ0n) is 19.7. The van der Waals surface area contributed by atoms with Crippen molar-refractivity contribution in [2.45, 2.75) is 57.7 Å². The molecule has 0 saturated carbocycles. The van der Waals surface area contributed by atoms with Crippen molar-refractivity contribution in [3.05, 3.63) is 52.8 Å². The number of aromatic amines is 1. The summed E-state index contributed by atoms with van der Waals surface area (Å²) < 4.78 is 5.60. The van der Waals surface area contributed by atoms with Crippen LogP contribution in [0.3, 0.4) is 0 Å². The topological polar surface area (TPSA) is 81.7 Å². The maximum absolute atomic E-state index is 12.0. The van der Waals surface area contributed by atoms with Gasteiger partial charge in [-0.2, -0.15) is 0 Å². The van der Waals surface area contributed by atoms with E-state index in [4.69, 9.17) is 4.74 Å². The summed E-state index contributed by atoms with van der Waals surface area (Å²) in [4.78, 5) is 24.2. The van der Waals surface area contributed by atoms with Crippen LogP contribution in [0.5, 0.6) is 0 Å². The van der Waals surface area contributed by atoms with Crippen molar-refractivity contribution in [2.24, 2.45) is 0 Å². The molecular weight excluding hydrogens is 428 g/mol. The monoisotopic (exact) mass is 460 g/mol. The number of rotatable bonds is 3. The van der Waals surface area contributed by atoms with E-state index in [9.17, 15) is 9.90 Å². The van der Waals surface area contributed by atoms with E-state index in [-0.39, 0.29) is 6.04 Å². The lowest BCUT2D eigenvalue weighted by molar-refractivity contribution is 0.0289. The molecule has 1 atom stereocenters. The summed E-state index contributed by atoms with van der Waals surface area (Å²) in [7, 11) is 0. The highest BCUT2D eigenvalue weighted by Gasteiger charge is 2.34. The van der Waals surface area contributed by atoms with E-state index in [1.54, 1.807) is 4.90 Å². The predicted octanol–water partition coefficient (Wildman–Crippen LogP) is 4.89. The maximum atomic E-state index is 12.0. The molecule has 0 radical (unpaired) electrons. The van der Waals surface area contributed by atoms with Crippen LogP contribution >= 0.6 is 0 Å². The number of nitrogens with one attached hydrogen (secondary N) is 1. The van der Waals surface area contributed by atoms with Crippen LogP contribution in [-0.2, 0) is 17.7 Å². The molecule has 7 nitrogen and oxygen atoms in total. The van der Waals surface area contributed by atoms with Gasteiger partial charge in [0.25, 0.3) is 0 Å². The van der Waals surface area contributed by atoms with Crippen LogP contribution < -0.4 is 0 Å². The van der Waals surface area contributed by atoms with E-state index in [2.05, 4.69) is 40.0 Å². The second-order valence-electron chi connectivity index (χ2n) is 9.99. The Kier molecular flexibility index (Phi) is 5.54. The lowest BCUT2D eigenvalue weighted by Crippen LogP contribution is -2.42. The Balaban J connectivity index is 1.44. The Labute approximate surface area is 199 Å². The number of H-pyrrole nitrogens is 1. The Morgan fingerprint density at radius 1 is 1.15 bits per heavy atom. The van der Waals surface area contributed by atoms with Gasteiger partial charge in [0.1, 0.15) is 5.65 Å². The lowest BCUT2D eigenvalue weighted by atomic mass is 9.86. The van der Waals surface area contributed by atoms with Crippen molar-refractivity contribution in [3.63, 3.8) is 0 Å². The average molecular weight is 461 g/mol. The maximum Gasteiger partial charge on any atom is 0.407 e. The summed E-state index contributed by atoms with van der Waals surface area (Å²) in [6.45, 7) is 6.34. The number of hydrogen-bond donors (Lipinski definition) is 2. The molecule has 1 amide bonds. The number of likely N-dealkylation sites (tertiary alicyclic amines) is 1. The fourth-order valence-electron chi connectivity index (χ4n) is 6.19. The van der Waals surface area contributed by atoms with Gasteiger partial charge in [0.05, 0.1) is 6.04 Å². The summed E-state index contributed by atoms with van der Waals surface area (Å²) in [6, 6.07) is 7.29. The number of nitrogens with zero attached hydrogens (tertiary/aromatic N) is 3. The molecular formula is C27H32N4O3. The van der Waals surface area contributed by atoms with Crippen molar-refractivity contribution < 1.29 is 14.6 Å². The van der Waals surface area contributed by atoms with Gasteiger partial charge < -0.3 is 19.7 Å². The Hall–Kier alpha value is -2.90. The van der Waals surface area contributed by atoms with Crippen molar-refractivity contribution >= 4 is 17.1 Å². The Morgan fingerprint density at radius 2 is 2.00 bits per heavy atom. The van der Waals surface area contributed by atoms with Crippen LogP contribution in [0.15, 0.2) is 30.6 Å². The van der Waals surface area contributed by atoms with Gasteiger partial charge in [-0.1, -0.05) is 0 Å². The van der Waals surface area contributed by atoms with Crippen LogP contribution in [0.4, 0.5) is 4.79 Å². The minimum absolute atomic E-state index is 0.0634. The molecule has 2 fully saturated rings. The smallest absolute Gasteiger partial charge is 0.407 e. The summed E-state index contributed by atoms with van der Waals surface area (Å²) in [5.41, 5.74) is 8.20.